The van der Waals surface area contributed by atoms with Crippen LogP contribution in [0.2, 0.25) is 0 Å². The largest absolute Gasteiger partial charge is 0.428 e. The summed E-state index contributed by atoms with van der Waals surface area (Å²) in [7, 11) is 0. The van der Waals surface area contributed by atoms with E-state index in [4.69, 9.17) is 18.9 Å². The molecule has 0 bridgehead atoms. The van der Waals surface area contributed by atoms with Gasteiger partial charge >= 0.3 is 23.9 Å². The van der Waals surface area contributed by atoms with Crippen molar-refractivity contribution in [2.45, 2.75) is 434 Å². The molecule has 0 aliphatic carbocycles. The van der Waals surface area contributed by atoms with Crippen LogP contribution in [-0.4, -0.2) is 128 Å². The van der Waals surface area contributed by atoms with E-state index < -0.39 is 0 Å². The van der Waals surface area contributed by atoms with Gasteiger partial charge < -0.3 is 39.4 Å². The number of aliphatic hydroxyl groups excluding tert-OH is 4. The van der Waals surface area contributed by atoms with Crippen LogP contribution in [0.3, 0.4) is 0 Å². The predicted molar refractivity (Wildman–Crippen MR) is 427 cm³/mol. The number of rotatable bonds is 80. The number of hydrogen-bond donors (Lipinski definition) is 4. The summed E-state index contributed by atoms with van der Waals surface area (Å²) < 4.78 is 20.5. The van der Waals surface area contributed by atoms with E-state index in [9.17, 15) is 39.6 Å². The predicted octanol–water partition coefficient (Wildman–Crippen LogP) is 23.9. The fourth-order valence-corrected chi connectivity index (χ4v) is 17.2. The van der Waals surface area contributed by atoms with Crippen molar-refractivity contribution in [3.05, 3.63) is 0 Å². The van der Waals surface area contributed by atoms with E-state index in [1.807, 2.05) is 47.0 Å². The van der Waals surface area contributed by atoms with Gasteiger partial charge in [0.15, 0.2) is 0 Å². The van der Waals surface area contributed by atoms with Crippen LogP contribution in [-0.2, 0) is 38.1 Å². The Kier molecular flexibility index (Phi) is 86.1. The van der Waals surface area contributed by atoms with Gasteiger partial charge in [-0.15, -0.1) is 0 Å². The highest BCUT2D eigenvalue weighted by atomic mass is 32.2. The highest BCUT2D eigenvalue weighted by Crippen LogP contribution is 2.29. The molecular weight excluding hydrogens is 1310 g/mol. The monoisotopic (exact) mass is 1470 g/mol. The molecular formula is C82H160O12S4. The summed E-state index contributed by atoms with van der Waals surface area (Å²) >= 11 is 7.81. The van der Waals surface area contributed by atoms with Crippen molar-refractivity contribution in [1.82, 2.24) is 0 Å². The number of unbranched alkanes of at least 4 members (excludes halogenated alkanes) is 40. The molecule has 0 aliphatic rings. The van der Waals surface area contributed by atoms with Crippen molar-refractivity contribution in [2.24, 2.45) is 0 Å². The van der Waals surface area contributed by atoms with Crippen LogP contribution in [0.1, 0.15) is 413 Å². The Hall–Kier alpha value is -0.880. The molecule has 4 atom stereocenters. The van der Waals surface area contributed by atoms with Crippen molar-refractivity contribution in [1.29, 1.82) is 0 Å². The summed E-state index contributed by atoms with van der Waals surface area (Å²) in [5, 5.41) is 39.6. The van der Waals surface area contributed by atoms with Gasteiger partial charge in [0.05, 0.1) is 26.4 Å². The Morgan fingerprint density at radius 1 is 0.224 bits per heavy atom. The molecule has 0 rings (SSSR count). The van der Waals surface area contributed by atoms with E-state index in [1.165, 1.54) is 283 Å². The molecule has 12 nitrogen and oxygen atoms in total. The molecule has 0 spiro atoms. The number of carbonyl (C=O) groups excluding carboxylic acids is 4. The standard InChI is InChI=1S/2C41H80O6S2/c1-3-5-7-16-22-28-39(49-36-34-43)30-24-18-13-11-15-20-26-32-41(45)47-37-46-40(44)31-25-19-14-10-9-12-17-23-29-38(48-35-33-42)27-21-8-6-4-2;1-3-5-7-9-15-21-27-38(48-35-33-42)29-23-17-11-13-19-25-31-40(44)46-37-47-41(45)32-26-20-14-12-18-24-30-39(49-36-34-43)28-22-16-10-8-6-4-2/h2*38-39,42-43H,3-37H2,1-2H3. The molecule has 16 heteroatoms. The van der Waals surface area contributed by atoms with Crippen LogP contribution in [0.15, 0.2) is 0 Å². The smallest absolute Gasteiger partial charge is 0.308 e. The minimum atomic E-state index is -0.282. The van der Waals surface area contributed by atoms with E-state index >= 15 is 0 Å². The molecule has 0 fully saturated rings. The first kappa shape index (κ1) is 99.2. The number of carbonyl (C=O) groups is 4. The Morgan fingerprint density at radius 2 is 0.367 bits per heavy atom. The molecule has 0 aromatic heterocycles. The molecule has 0 saturated heterocycles. The topological polar surface area (TPSA) is 186 Å². The summed E-state index contributed by atoms with van der Waals surface area (Å²) in [6, 6.07) is 0. The van der Waals surface area contributed by atoms with Crippen molar-refractivity contribution < 1.29 is 58.6 Å². The maximum Gasteiger partial charge on any atom is 0.308 e. The molecule has 0 saturated carbocycles. The molecule has 4 N–H and O–H groups in total. The molecule has 584 valence electrons. The summed E-state index contributed by atoms with van der Waals surface area (Å²) in [5.41, 5.74) is 0. The van der Waals surface area contributed by atoms with Gasteiger partial charge in [-0.25, -0.2) is 0 Å². The van der Waals surface area contributed by atoms with E-state index in [2.05, 4.69) is 27.7 Å². The van der Waals surface area contributed by atoms with Crippen molar-refractivity contribution in [3.63, 3.8) is 0 Å². The third-order valence-corrected chi connectivity index (χ3v) is 24.2. The van der Waals surface area contributed by atoms with Gasteiger partial charge in [-0.2, -0.15) is 47.0 Å². The highest BCUT2D eigenvalue weighted by Gasteiger charge is 2.15. The van der Waals surface area contributed by atoms with E-state index in [1.54, 1.807) is 0 Å². The minimum Gasteiger partial charge on any atom is -0.428 e. The van der Waals surface area contributed by atoms with Crippen LogP contribution < -0.4 is 0 Å². The number of aliphatic hydroxyl groups is 4. The van der Waals surface area contributed by atoms with Gasteiger partial charge in [0.25, 0.3) is 0 Å². The Balaban J connectivity index is 0. The Labute approximate surface area is 622 Å². The summed E-state index contributed by atoms with van der Waals surface area (Å²) in [6.45, 7) is 9.64. The Bertz CT molecular complexity index is 1560. The van der Waals surface area contributed by atoms with Crippen LogP contribution >= 0.6 is 47.0 Å². The summed E-state index contributed by atoms with van der Waals surface area (Å²) in [5.74, 6) is 2.31. The first-order valence-electron chi connectivity index (χ1n) is 41.7. The number of thioether (sulfide) groups is 4. The normalized spacial score (nSPS) is 12.7. The minimum absolute atomic E-state index is 0.258. The van der Waals surface area contributed by atoms with E-state index in [-0.39, 0.29) is 63.9 Å². The van der Waals surface area contributed by atoms with Gasteiger partial charge in [0, 0.05) is 69.7 Å². The fourth-order valence-electron chi connectivity index (χ4n) is 12.7. The fraction of sp³-hybridized carbons (Fsp3) is 0.951. The lowest BCUT2D eigenvalue weighted by molar-refractivity contribution is -0.169. The second-order valence-electron chi connectivity index (χ2n) is 28.0. The lowest BCUT2D eigenvalue weighted by Crippen LogP contribution is -2.12. The first-order chi connectivity index (χ1) is 48.1. The average Bonchev–Trinajstić information content (AvgIpc) is 3.32. The maximum absolute atomic E-state index is 12.0. The lowest BCUT2D eigenvalue weighted by atomic mass is 10.0. The van der Waals surface area contributed by atoms with Crippen LogP contribution in [0.5, 0.6) is 0 Å². The second-order valence-corrected chi connectivity index (χ2v) is 33.7. The van der Waals surface area contributed by atoms with Gasteiger partial charge in [0.2, 0.25) is 13.6 Å². The van der Waals surface area contributed by atoms with Crippen LogP contribution in [0.4, 0.5) is 0 Å². The molecule has 0 aromatic rings. The van der Waals surface area contributed by atoms with Gasteiger partial charge in [-0.1, -0.05) is 310 Å². The third kappa shape index (κ3) is 79.2. The quantitative estimate of drug-likeness (QED) is 0.0256. The molecule has 0 radical (unpaired) electrons. The van der Waals surface area contributed by atoms with Gasteiger partial charge in [0.1, 0.15) is 0 Å². The van der Waals surface area contributed by atoms with Crippen molar-refractivity contribution >= 4 is 70.9 Å². The molecule has 0 aromatic carbocycles. The third-order valence-electron chi connectivity index (χ3n) is 18.8. The molecule has 98 heavy (non-hydrogen) atoms. The molecule has 4 unspecified atom stereocenters. The van der Waals surface area contributed by atoms with Crippen LogP contribution in [0, 0.1) is 0 Å². The SMILES string of the molecule is CCCCCCCC(CCCCCCCCCC(=O)OCOC(=O)CCCCCCCCCCC(CCCCCC)SCCO)SCCO.CCCCCCCCC(CCCCCCCCC(=O)OCOC(=O)CCCCCCCCC(CCCCCCCC)SCCO)SCCO. The maximum atomic E-state index is 12.0. The summed E-state index contributed by atoms with van der Waals surface area (Å²) in [6.07, 6.45) is 70.5. The zero-order valence-corrected chi connectivity index (χ0v) is 67.8. The number of esters is 4. The van der Waals surface area contributed by atoms with E-state index in [0.717, 1.165) is 100 Å². The second kappa shape index (κ2) is 85.1. The molecule has 0 amide bonds. The molecule has 0 heterocycles. The van der Waals surface area contributed by atoms with E-state index in [0.29, 0.717) is 46.7 Å². The van der Waals surface area contributed by atoms with Crippen molar-refractivity contribution in [2.75, 3.05) is 63.0 Å². The Morgan fingerprint density at radius 3 is 0.531 bits per heavy atom. The first-order valence-corrected chi connectivity index (χ1v) is 45.9. The van der Waals surface area contributed by atoms with Crippen molar-refractivity contribution in [3.8, 4) is 0 Å². The lowest BCUT2D eigenvalue weighted by Gasteiger charge is -2.16. The average molecular weight is 1470 g/mol. The zero-order chi connectivity index (χ0) is 71.8. The van der Waals surface area contributed by atoms with Gasteiger partial charge in [-0.05, 0) is 77.0 Å². The molecule has 0 aliphatic heterocycles. The highest BCUT2D eigenvalue weighted by molar-refractivity contribution is 8.00. The van der Waals surface area contributed by atoms with Crippen LogP contribution in [0.25, 0.3) is 0 Å². The zero-order valence-electron chi connectivity index (χ0n) is 64.5. The summed E-state index contributed by atoms with van der Waals surface area (Å²) in [4.78, 5) is 48.0. The van der Waals surface area contributed by atoms with Gasteiger partial charge in [-0.3, -0.25) is 19.2 Å². The number of ether oxygens (including phenoxy) is 4. The number of hydrogen-bond acceptors (Lipinski definition) is 16.